The van der Waals surface area contributed by atoms with Crippen molar-refractivity contribution in [3.63, 3.8) is 0 Å². The monoisotopic (exact) mass is 312 g/mol. The Labute approximate surface area is 138 Å². The van der Waals surface area contributed by atoms with Gasteiger partial charge in [0.05, 0.1) is 14.2 Å². The summed E-state index contributed by atoms with van der Waals surface area (Å²) in [7, 11) is 3.42. The van der Waals surface area contributed by atoms with E-state index in [-0.39, 0.29) is 0 Å². The van der Waals surface area contributed by atoms with Crippen LogP contribution in [0.5, 0.6) is 11.5 Å². The van der Waals surface area contributed by atoms with Crippen LogP contribution in [0.1, 0.15) is 36.4 Å². The Morgan fingerprint density at radius 3 is 2.83 bits per heavy atom. The quantitative estimate of drug-likeness (QED) is 0.840. The van der Waals surface area contributed by atoms with Crippen LogP contribution in [-0.2, 0) is 6.54 Å². The van der Waals surface area contributed by atoms with Crippen LogP contribution in [0.2, 0.25) is 0 Å². The van der Waals surface area contributed by atoms with E-state index in [1.807, 2.05) is 30.6 Å². The molecule has 0 bridgehead atoms. The molecule has 2 aromatic rings. The van der Waals surface area contributed by atoms with Crippen molar-refractivity contribution in [2.24, 2.45) is 0 Å². The maximum absolute atomic E-state index is 5.53. The van der Waals surface area contributed by atoms with E-state index >= 15 is 0 Å². The minimum atomic E-state index is 0.424. The third-order valence-corrected chi connectivity index (χ3v) is 4.54. The van der Waals surface area contributed by atoms with Gasteiger partial charge in [-0.25, -0.2) is 0 Å². The summed E-state index contributed by atoms with van der Waals surface area (Å²) in [6.45, 7) is 1.96. The molecule has 0 N–H and O–H groups in total. The normalized spacial score (nSPS) is 18.6. The second-order valence-corrected chi connectivity index (χ2v) is 5.95. The number of likely N-dealkylation sites (tertiary alicyclic amines) is 1. The molecule has 4 nitrogen and oxygen atoms in total. The van der Waals surface area contributed by atoms with Crippen LogP contribution in [0.15, 0.2) is 42.7 Å². The number of methoxy groups -OCH3 is 2. The zero-order chi connectivity index (χ0) is 16.1. The van der Waals surface area contributed by atoms with Gasteiger partial charge in [-0.05, 0) is 49.2 Å². The maximum atomic E-state index is 5.53. The first-order chi connectivity index (χ1) is 11.3. The second-order valence-electron chi connectivity index (χ2n) is 5.95. The molecule has 0 aliphatic carbocycles. The van der Waals surface area contributed by atoms with Crippen molar-refractivity contribution in [1.82, 2.24) is 9.88 Å². The van der Waals surface area contributed by atoms with E-state index in [2.05, 4.69) is 22.0 Å². The molecule has 1 fully saturated rings. The number of nitrogens with zero attached hydrogens (tertiary/aromatic N) is 2. The Morgan fingerprint density at radius 2 is 2.09 bits per heavy atom. The summed E-state index contributed by atoms with van der Waals surface area (Å²) in [6, 6.07) is 10.6. The van der Waals surface area contributed by atoms with Gasteiger partial charge in [-0.2, -0.15) is 0 Å². The lowest BCUT2D eigenvalue weighted by Crippen LogP contribution is -2.33. The largest absolute Gasteiger partial charge is 0.497 e. The predicted molar refractivity (Wildman–Crippen MR) is 90.8 cm³/mol. The summed E-state index contributed by atoms with van der Waals surface area (Å²) < 4.78 is 10.9. The summed E-state index contributed by atoms with van der Waals surface area (Å²) in [5, 5.41) is 0. The molecule has 4 heteroatoms. The van der Waals surface area contributed by atoms with Crippen molar-refractivity contribution >= 4 is 0 Å². The average molecular weight is 312 g/mol. The number of benzene rings is 1. The van der Waals surface area contributed by atoms with E-state index < -0.39 is 0 Å². The van der Waals surface area contributed by atoms with Crippen molar-refractivity contribution in [2.45, 2.75) is 31.8 Å². The summed E-state index contributed by atoms with van der Waals surface area (Å²) in [5.41, 5.74) is 2.47. The third-order valence-electron chi connectivity index (χ3n) is 4.54. The zero-order valence-corrected chi connectivity index (χ0v) is 13.9. The highest BCUT2D eigenvalue weighted by Crippen LogP contribution is 2.34. The van der Waals surface area contributed by atoms with Gasteiger partial charge in [0.25, 0.3) is 0 Å². The molecule has 1 aliphatic heterocycles. The number of pyridine rings is 1. The van der Waals surface area contributed by atoms with E-state index in [4.69, 9.17) is 9.47 Å². The van der Waals surface area contributed by atoms with Crippen molar-refractivity contribution < 1.29 is 9.47 Å². The van der Waals surface area contributed by atoms with Gasteiger partial charge in [0.1, 0.15) is 11.5 Å². The lowest BCUT2D eigenvalue weighted by atomic mass is 9.95. The van der Waals surface area contributed by atoms with Crippen molar-refractivity contribution in [2.75, 3.05) is 20.8 Å². The number of rotatable bonds is 5. The van der Waals surface area contributed by atoms with Crippen LogP contribution in [-0.4, -0.2) is 30.6 Å². The first-order valence-corrected chi connectivity index (χ1v) is 8.16. The Balaban J connectivity index is 1.85. The van der Waals surface area contributed by atoms with Gasteiger partial charge in [-0.15, -0.1) is 0 Å². The van der Waals surface area contributed by atoms with Crippen LogP contribution in [0.25, 0.3) is 0 Å². The highest BCUT2D eigenvalue weighted by atomic mass is 16.5. The average Bonchev–Trinajstić information content (AvgIpc) is 2.63. The standard InChI is InChI=1S/C19H24N2O2/c1-22-17-8-9-19(23-2)16(12-17)14-21-11-4-3-7-18(21)15-6-5-10-20-13-15/h5-6,8-10,12-13,18H,3-4,7,11,14H2,1-2H3/t18-/m0/s1. The van der Waals surface area contributed by atoms with E-state index in [1.165, 1.54) is 30.4 Å². The SMILES string of the molecule is COc1ccc(OC)c(CN2CCCC[C@H]2c2cccnc2)c1. The first kappa shape index (κ1) is 15.8. The molecule has 1 saturated heterocycles. The Bertz CT molecular complexity index is 631. The van der Waals surface area contributed by atoms with E-state index in [0.29, 0.717) is 6.04 Å². The minimum absolute atomic E-state index is 0.424. The van der Waals surface area contributed by atoms with Gasteiger partial charge in [0.2, 0.25) is 0 Å². The fraction of sp³-hybridized carbons (Fsp3) is 0.421. The van der Waals surface area contributed by atoms with Crippen molar-refractivity contribution in [3.8, 4) is 11.5 Å². The zero-order valence-electron chi connectivity index (χ0n) is 13.9. The van der Waals surface area contributed by atoms with Gasteiger partial charge < -0.3 is 9.47 Å². The molecule has 1 aromatic heterocycles. The third kappa shape index (κ3) is 3.64. The van der Waals surface area contributed by atoms with Gasteiger partial charge in [-0.1, -0.05) is 12.5 Å². The van der Waals surface area contributed by atoms with Crippen LogP contribution < -0.4 is 9.47 Å². The molecule has 1 atom stereocenters. The fourth-order valence-electron chi connectivity index (χ4n) is 3.36. The minimum Gasteiger partial charge on any atom is -0.497 e. The van der Waals surface area contributed by atoms with E-state index in [0.717, 1.165) is 24.6 Å². The lowest BCUT2D eigenvalue weighted by Gasteiger charge is -2.36. The van der Waals surface area contributed by atoms with Crippen LogP contribution in [0, 0.1) is 0 Å². The van der Waals surface area contributed by atoms with Gasteiger partial charge in [0, 0.05) is 30.5 Å². The van der Waals surface area contributed by atoms with Gasteiger partial charge in [0.15, 0.2) is 0 Å². The molecular weight excluding hydrogens is 288 g/mol. The molecule has 23 heavy (non-hydrogen) atoms. The van der Waals surface area contributed by atoms with E-state index in [9.17, 15) is 0 Å². The maximum Gasteiger partial charge on any atom is 0.123 e. The predicted octanol–water partition coefficient (Wildman–Crippen LogP) is 3.83. The summed E-state index contributed by atoms with van der Waals surface area (Å²) in [4.78, 5) is 6.82. The highest BCUT2D eigenvalue weighted by Gasteiger charge is 2.25. The molecule has 2 heterocycles. The van der Waals surface area contributed by atoms with Crippen molar-refractivity contribution in [3.05, 3.63) is 53.9 Å². The second kappa shape index (κ2) is 7.47. The summed E-state index contributed by atoms with van der Waals surface area (Å²) in [6.07, 6.45) is 7.51. The Morgan fingerprint density at radius 1 is 1.17 bits per heavy atom. The first-order valence-electron chi connectivity index (χ1n) is 8.16. The molecule has 1 aromatic carbocycles. The summed E-state index contributed by atoms with van der Waals surface area (Å²) in [5.74, 6) is 1.79. The number of ether oxygens (including phenoxy) is 2. The Hall–Kier alpha value is -2.07. The number of hydrogen-bond acceptors (Lipinski definition) is 4. The molecule has 0 unspecified atom stereocenters. The molecule has 3 rings (SSSR count). The van der Waals surface area contributed by atoms with Crippen molar-refractivity contribution in [1.29, 1.82) is 0 Å². The smallest absolute Gasteiger partial charge is 0.123 e. The van der Waals surface area contributed by atoms with Gasteiger partial charge in [-0.3, -0.25) is 9.88 Å². The van der Waals surface area contributed by atoms with Crippen LogP contribution >= 0.6 is 0 Å². The lowest BCUT2D eigenvalue weighted by molar-refractivity contribution is 0.138. The molecule has 0 radical (unpaired) electrons. The molecule has 0 spiro atoms. The highest BCUT2D eigenvalue weighted by molar-refractivity contribution is 5.40. The topological polar surface area (TPSA) is 34.6 Å². The Kier molecular flexibility index (Phi) is 5.13. The molecule has 0 amide bonds. The molecule has 0 saturated carbocycles. The number of piperidine rings is 1. The fourth-order valence-corrected chi connectivity index (χ4v) is 3.36. The molecule has 1 aliphatic rings. The van der Waals surface area contributed by atoms with Crippen LogP contribution in [0.3, 0.4) is 0 Å². The number of aromatic nitrogens is 1. The van der Waals surface area contributed by atoms with E-state index in [1.54, 1.807) is 14.2 Å². The summed E-state index contributed by atoms with van der Waals surface area (Å²) >= 11 is 0. The van der Waals surface area contributed by atoms with Crippen LogP contribution in [0.4, 0.5) is 0 Å². The number of hydrogen-bond donors (Lipinski definition) is 0. The molecule has 122 valence electrons. The molecular formula is C19H24N2O2. The van der Waals surface area contributed by atoms with Gasteiger partial charge >= 0.3 is 0 Å².